The molecule has 90 valence electrons. The largest absolute Gasteiger partial charge is 0.331 e. The smallest absolute Gasteiger partial charge is 0.108 e. The zero-order valence-electron chi connectivity index (χ0n) is 10.1. The maximum Gasteiger partial charge on any atom is 0.108 e. The fourth-order valence-electron chi connectivity index (χ4n) is 1.87. The highest BCUT2D eigenvalue weighted by molar-refractivity contribution is 5.17. The van der Waals surface area contributed by atoms with E-state index >= 15 is 0 Å². The Morgan fingerprint density at radius 1 is 1.29 bits per heavy atom. The second-order valence-corrected chi connectivity index (χ2v) is 4.08. The number of nitrogens with zero attached hydrogens (tertiary/aromatic N) is 3. The van der Waals surface area contributed by atoms with Gasteiger partial charge < -0.3 is 10.3 Å². The molecule has 0 aliphatic rings. The average molecular weight is 230 g/mol. The van der Waals surface area contributed by atoms with Crippen LogP contribution in [0, 0.1) is 0 Å². The summed E-state index contributed by atoms with van der Waals surface area (Å²) in [6.45, 7) is 3.49. The van der Waals surface area contributed by atoms with Crippen molar-refractivity contribution in [1.29, 1.82) is 0 Å². The van der Waals surface area contributed by atoms with Gasteiger partial charge in [0.15, 0.2) is 0 Å². The van der Waals surface area contributed by atoms with Crippen LogP contribution in [0.25, 0.3) is 0 Å². The third kappa shape index (κ3) is 2.91. The molecule has 0 saturated heterocycles. The molecule has 0 aliphatic heterocycles. The van der Waals surface area contributed by atoms with E-state index < -0.39 is 0 Å². The standard InChI is InChI=1S/C13H18N4/c1-2-3-13-16-6-7-17(13)10-11-4-5-15-12(8-11)9-14/h4-8H,2-3,9-10,14H2,1H3. The molecule has 2 heterocycles. The summed E-state index contributed by atoms with van der Waals surface area (Å²) in [4.78, 5) is 8.56. The summed E-state index contributed by atoms with van der Waals surface area (Å²) in [5.74, 6) is 1.14. The summed E-state index contributed by atoms with van der Waals surface area (Å²) in [5.41, 5.74) is 7.74. The Kier molecular flexibility index (Phi) is 3.88. The fourth-order valence-corrected chi connectivity index (χ4v) is 1.87. The van der Waals surface area contributed by atoms with Gasteiger partial charge in [0.25, 0.3) is 0 Å². The van der Waals surface area contributed by atoms with Crippen LogP contribution in [0.1, 0.15) is 30.4 Å². The van der Waals surface area contributed by atoms with Crippen molar-refractivity contribution in [1.82, 2.24) is 14.5 Å². The minimum atomic E-state index is 0.486. The molecule has 0 bridgehead atoms. The Bertz CT molecular complexity index is 476. The van der Waals surface area contributed by atoms with E-state index in [-0.39, 0.29) is 0 Å². The molecule has 0 atom stereocenters. The highest BCUT2D eigenvalue weighted by Gasteiger charge is 2.03. The number of hydrogen-bond acceptors (Lipinski definition) is 3. The number of pyridine rings is 1. The van der Waals surface area contributed by atoms with Gasteiger partial charge in [0, 0.05) is 38.1 Å². The summed E-state index contributed by atoms with van der Waals surface area (Å²) in [7, 11) is 0. The van der Waals surface area contributed by atoms with Crippen LogP contribution in [-0.4, -0.2) is 14.5 Å². The van der Waals surface area contributed by atoms with Crippen molar-refractivity contribution in [2.75, 3.05) is 0 Å². The predicted octanol–water partition coefficient (Wildman–Crippen LogP) is 1.74. The minimum Gasteiger partial charge on any atom is -0.331 e. The molecule has 0 aromatic carbocycles. The van der Waals surface area contributed by atoms with Crippen LogP contribution in [0.15, 0.2) is 30.7 Å². The van der Waals surface area contributed by atoms with Crippen molar-refractivity contribution < 1.29 is 0 Å². The quantitative estimate of drug-likeness (QED) is 0.851. The second-order valence-electron chi connectivity index (χ2n) is 4.08. The van der Waals surface area contributed by atoms with Crippen molar-refractivity contribution in [3.8, 4) is 0 Å². The lowest BCUT2D eigenvalue weighted by atomic mass is 10.2. The monoisotopic (exact) mass is 230 g/mol. The molecule has 2 aromatic heterocycles. The normalized spacial score (nSPS) is 10.7. The maximum absolute atomic E-state index is 5.59. The molecule has 0 unspecified atom stereocenters. The van der Waals surface area contributed by atoms with Crippen LogP contribution in [-0.2, 0) is 19.5 Å². The molecule has 0 fully saturated rings. The third-order valence-electron chi connectivity index (χ3n) is 2.72. The number of rotatable bonds is 5. The molecular weight excluding hydrogens is 212 g/mol. The van der Waals surface area contributed by atoms with Crippen molar-refractivity contribution >= 4 is 0 Å². The van der Waals surface area contributed by atoms with Gasteiger partial charge in [-0.2, -0.15) is 0 Å². The van der Waals surface area contributed by atoms with Gasteiger partial charge >= 0.3 is 0 Å². The van der Waals surface area contributed by atoms with E-state index in [0.29, 0.717) is 6.54 Å². The highest BCUT2D eigenvalue weighted by atomic mass is 15.1. The molecule has 0 saturated carbocycles. The van der Waals surface area contributed by atoms with E-state index in [0.717, 1.165) is 30.9 Å². The predicted molar refractivity (Wildman–Crippen MR) is 67.5 cm³/mol. The Balaban J connectivity index is 2.16. The van der Waals surface area contributed by atoms with E-state index in [9.17, 15) is 0 Å². The van der Waals surface area contributed by atoms with Gasteiger partial charge in [-0.3, -0.25) is 4.98 Å². The van der Waals surface area contributed by atoms with Crippen LogP contribution in [0.3, 0.4) is 0 Å². The second kappa shape index (κ2) is 5.59. The summed E-state index contributed by atoms with van der Waals surface area (Å²) in [6.07, 6.45) is 7.82. The number of hydrogen-bond donors (Lipinski definition) is 1. The minimum absolute atomic E-state index is 0.486. The lowest BCUT2D eigenvalue weighted by Crippen LogP contribution is -2.06. The van der Waals surface area contributed by atoms with Crippen LogP contribution in [0.4, 0.5) is 0 Å². The Morgan fingerprint density at radius 3 is 2.94 bits per heavy atom. The van der Waals surface area contributed by atoms with Gasteiger partial charge in [0.1, 0.15) is 5.82 Å². The van der Waals surface area contributed by atoms with Crippen molar-refractivity contribution in [2.45, 2.75) is 32.9 Å². The molecule has 2 N–H and O–H groups in total. The highest BCUT2D eigenvalue weighted by Crippen LogP contribution is 2.08. The van der Waals surface area contributed by atoms with Gasteiger partial charge in [0.2, 0.25) is 0 Å². The summed E-state index contributed by atoms with van der Waals surface area (Å²) in [6, 6.07) is 4.07. The van der Waals surface area contributed by atoms with E-state index in [4.69, 9.17) is 5.73 Å². The van der Waals surface area contributed by atoms with Gasteiger partial charge in [-0.15, -0.1) is 0 Å². The molecule has 0 aliphatic carbocycles. The summed E-state index contributed by atoms with van der Waals surface area (Å²) in [5, 5.41) is 0. The number of nitrogens with two attached hydrogens (primary N) is 1. The SMILES string of the molecule is CCCc1nccn1Cc1ccnc(CN)c1. The molecule has 17 heavy (non-hydrogen) atoms. The lowest BCUT2D eigenvalue weighted by molar-refractivity contribution is 0.703. The average Bonchev–Trinajstić information content (AvgIpc) is 2.78. The molecule has 4 nitrogen and oxygen atoms in total. The summed E-state index contributed by atoms with van der Waals surface area (Å²) < 4.78 is 2.18. The lowest BCUT2D eigenvalue weighted by Gasteiger charge is -2.08. The van der Waals surface area contributed by atoms with E-state index in [1.807, 2.05) is 24.7 Å². The van der Waals surface area contributed by atoms with Crippen LogP contribution < -0.4 is 5.73 Å². The molecule has 2 rings (SSSR count). The van der Waals surface area contributed by atoms with Gasteiger partial charge in [-0.05, 0) is 24.1 Å². The van der Waals surface area contributed by atoms with Crippen LogP contribution in [0.2, 0.25) is 0 Å². The maximum atomic E-state index is 5.59. The first kappa shape index (κ1) is 11.8. The molecule has 4 heteroatoms. The van der Waals surface area contributed by atoms with Crippen LogP contribution in [0.5, 0.6) is 0 Å². The first-order valence-electron chi connectivity index (χ1n) is 5.97. The van der Waals surface area contributed by atoms with Crippen molar-refractivity contribution in [3.63, 3.8) is 0 Å². The zero-order valence-corrected chi connectivity index (χ0v) is 10.1. The van der Waals surface area contributed by atoms with Gasteiger partial charge in [-0.1, -0.05) is 6.92 Å². The Morgan fingerprint density at radius 2 is 2.18 bits per heavy atom. The van der Waals surface area contributed by atoms with E-state index in [1.165, 1.54) is 5.56 Å². The van der Waals surface area contributed by atoms with E-state index in [2.05, 4.69) is 27.5 Å². The third-order valence-corrected chi connectivity index (χ3v) is 2.72. The summed E-state index contributed by atoms with van der Waals surface area (Å²) >= 11 is 0. The molecule has 0 amide bonds. The van der Waals surface area contributed by atoms with Crippen molar-refractivity contribution in [2.24, 2.45) is 5.73 Å². The molecule has 0 spiro atoms. The number of aryl methyl sites for hydroxylation is 1. The van der Waals surface area contributed by atoms with Crippen LogP contribution >= 0.6 is 0 Å². The van der Waals surface area contributed by atoms with Gasteiger partial charge in [-0.25, -0.2) is 4.98 Å². The number of aromatic nitrogens is 3. The van der Waals surface area contributed by atoms with Gasteiger partial charge in [0.05, 0.1) is 5.69 Å². The Labute approximate surface area is 102 Å². The van der Waals surface area contributed by atoms with Crippen molar-refractivity contribution in [3.05, 3.63) is 47.8 Å². The fraction of sp³-hybridized carbons (Fsp3) is 0.385. The number of imidazole rings is 1. The molecule has 2 aromatic rings. The molecule has 0 radical (unpaired) electrons. The Hall–Kier alpha value is -1.68. The first-order valence-corrected chi connectivity index (χ1v) is 5.97. The van der Waals surface area contributed by atoms with E-state index in [1.54, 1.807) is 0 Å². The first-order chi connectivity index (χ1) is 8.33. The topological polar surface area (TPSA) is 56.7 Å². The zero-order chi connectivity index (χ0) is 12.1. The molecular formula is C13H18N4.